The molecule has 244 valence electrons. The number of hydrogen-bond donors (Lipinski definition) is 3. The van der Waals surface area contributed by atoms with Gasteiger partial charge in [0.25, 0.3) is 0 Å². The van der Waals surface area contributed by atoms with Gasteiger partial charge < -0.3 is 20.1 Å². The Labute approximate surface area is 276 Å². The van der Waals surface area contributed by atoms with E-state index in [1.54, 1.807) is 13.8 Å². The van der Waals surface area contributed by atoms with Gasteiger partial charge in [0.05, 0.1) is 23.3 Å². The average Bonchev–Trinajstić information content (AvgIpc) is 3.01. The van der Waals surface area contributed by atoms with Crippen LogP contribution in [0.25, 0.3) is 43.1 Å². The van der Waals surface area contributed by atoms with E-state index in [1.165, 1.54) is 0 Å². The Balaban J connectivity index is 0.000000182. The van der Waals surface area contributed by atoms with E-state index in [0.29, 0.717) is 24.2 Å². The van der Waals surface area contributed by atoms with Gasteiger partial charge in [0.15, 0.2) is 0 Å². The first-order valence-electron chi connectivity index (χ1n) is 15.8. The molecule has 6 aromatic rings. The Morgan fingerprint density at radius 2 is 0.957 bits per heavy atom. The fraction of sp³-hybridized carbons (Fsp3) is 0.268. The van der Waals surface area contributed by atoms with Crippen molar-refractivity contribution in [1.82, 2.24) is 0 Å². The first-order valence-corrected chi connectivity index (χ1v) is 15.8. The van der Waals surface area contributed by atoms with Crippen LogP contribution in [-0.4, -0.2) is 46.1 Å². The monoisotopic (exact) mass is 632 g/mol. The van der Waals surface area contributed by atoms with Crippen LogP contribution in [0.4, 0.5) is 0 Å². The SMILES string of the molecule is CC(C)(C)CCOC(=O)c1c2ccccc2cc2ccccc12.CC(C)(O)CCO.O=C(O)c1c2ccccc2cc2ccccc12. The van der Waals surface area contributed by atoms with Crippen molar-refractivity contribution >= 4 is 55.0 Å². The maximum atomic E-state index is 12.7. The molecule has 6 nitrogen and oxygen atoms in total. The first-order chi connectivity index (χ1) is 22.3. The Morgan fingerprint density at radius 1 is 0.596 bits per heavy atom. The summed E-state index contributed by atoms with van der Waals surface area (Å²) in [7, 11) is 0. The van der Waals surface area contributed by atoms with Gasteiger partial charge in [-0.05, 0) is 87.3 Å². The Morgan fingerprint density at radius 3 is 1.26 bits per heavy atom. The van der Waals surface area contributed by atoms with Crippen LogP contribution < -0.4 is 0 Å². The van der Waals surface area contributed by atoms with Gasteiger partial charge >= 0.3 is 11.9 Å². The highest BCUT2D eigenvalue weighted by atomic mass is 16.5. The number of aliphatic hydroxyl groups excluding tert-OH is 1. The molecule has 0 aliphatic carbocycles. The van der Waals surface area contributed by atoms with Crippen molar-refractivity contribution in [2.45, 2.75) is 53.1 Å². The number of carboxylic acids is 1. The fourth-order valence-electron chi connectivity index (χ4n) is 5.27. The molecule has 0 spiro atoms. The maximum absolute atomic E-state index is 12.7. The standard InChI is InChI=1S/C21H22O2.C15H10O2.C5H12O2/c1-21(2,3)12-13-23-20(22)19-17-10-6-4-8-15(17)14-16-9-5-7-11-18(16)19;16-15(17)14-12-7-3-1-5-10(12)9-11-6-2-4-8-13(11)14;1-5(2,7)3-4-6/h4-11,14H,12-13H2,1-3H3;1-9H,(H,16,17);6-7H,3-4H2,1-2H3. The third-order valence-corrected chi connectivity index (χ3v) is 7.77. The first kappa shape index (κ1) is 35.1. The molecule has 0 saturated carbocycles. The lowest BCUT2D eigenvalue weighted by atomic mass is 9.93. The summed E-state index contributed by atoms with van der Waals surface area (Å²) in [6.07, 6.45) is 1.30. The number of benzene rings is 6. The number of ether oxygens (including phenoxy) is 1. The van der Waals surface area contributed by atoms with Crippen LogP contribution in [0.2, 0.25) is 0 Å². The summed E-state index contributed by atoms with van der Waals surface area (Å²) < 4.78 is 5.58. The van der Waals surface area contributed by atoms with Crippen molar-refractivity contribution in [1.29, 1.82) is 0 Å². The lowest BCUT2D eigenvalue weighted by molar-refractivity contribution is 0.0467. The maximum Gasteiger partial charge on any atom is 0.339 e. The fourth-order valence-corrected chi connectivity index (χ4v) is 5.27. The number of aromatic carboxylic acids is 1. The molecule has 0 bridgehead atoms. The van der Waals surface area contributed by atoms with Gasteiger partial charge in [-0.25, -0.2) is 9.59 Å². The van der Waals surface area contributed by atoms with Gasteiger partial charge in [-0.2, -0.15) is 0 Å². The predicted octanol–water partition coefficient (Wildman–Crippen LogP) is 9.42. The van der Waals surface area contributed by atoms with E-state index in [9.17, 15) is 14.7 Å². The number of hydrogen-bond acceptors (Lipinski definition) is 5. The average molecular weight is 633 g/mol. The molecule has 0 aliphatic rings. The molecule has 0 saturated heterocycles. The van der Waals surface area contributed by atoms with Crippen molar-refractivity contribution in [3.05, 3.63) is 120 Å². The largest absolute Gasteiger partial charge is 0.478 e. The van der Waals surface area contributed by atoms with Crippen LogP contribution in [0.1, 0.15) is 68.2 Å². The van der Waals surface area contributed by atoms with E-state index in [0.717, 1.165) is 49.5 Å². The van der Waals surface area contributed by atoms with Gasteiger partial charge in [-0.15, -0.1) is 0 Å². The van der Waals surface area contributed by atoms with Gasteiger partial charge in [0.2, 0.25) is 0 Å². The number of carbonyl (C=O) groups is 2. The number of esters is 1. The minimum absolute atomic E-state index is 0.0590. The Hall–Kier alpha value is -4.78. The van der Waals surface area contributed by atoms with Gasteiger partial charge in [-0.3, -0.25) is 0 Å². The summed E-state index contributed by atoms with van der Waals surface area (Å²) in [5.41, 5.74) is 0.516. The number of carbonyl (C=O) groups excluding carboxylic acids is 1. The zero-order valence-electron chi connectivity index (χ0n) is 27.8. The van der Waals surface area contributed by atoms with Crippen LogP contribution in [0.5, 0.6) is 0 Å². The summed E-state index contributed by atoms with van der Waals surface area (Å²) in [6.45, 7) is 10.3. The molecule has 0 aliphatic heterocycles. The van der Waals surface area contributed by atoms with Gasteiger partial charge in [-0.1, -0.05) is 118 Å². The highest BCUT2D eigenvalue weighted by Gasteiger charge is 2.18. The van der Waals surface area contributed by atoms with Crippen molar-refractivity contribution in [3.8, 4) is 0 Å². The summed E-state index contributed by atoms with van der Waals surface area (Å²) in [6, 6.07) is 35.3. The van der Waals surface area contributed by atoms with E-state index in [4.69, 9.17) is 14.9 Å². The molecule has 0 fully saturated rings. The molecule has 0 unspecified atom stereocenters. The van der Waals surface area contributed by atoms with Crippen molar-refractivity contribution in [2.24, 2.45) is 5.41 Å². The third-order valence-electron chi connectivity index (χ3n) is 7.77. The highest BCUT2D eigenvalue weighted by molar-refractivity contribution is 6.17. The summed E-state index contributed by atoms with van der Waals surface area (Å²) in [4.78, 5) is 24.2. The van der Waals surface area contributed by atoms with E-state index in [-0.39, 0.29) is 18.0 Å². The second-order valence-corrected chi connectivity index (χ2v) is 13.4. The van der Waals surface area contributed by atoms with Crippen molar-refractivity contribution in [2.75, 3.05) is 13.2 Å². The van der Waals surface area contributed by atoms with E-state index in [2.05, 4.69) is 26.8 Å². The van der Waals surface area contributed by atoms with Crippen molar-refractivity contribution < 1.29 is 29.6 Å². The third kappa shape index (κ3) is 9.38. The lowest BCUT2D eigenvalue weighted by Crippen LogP contribution is -2.19. The molecule has 0 atom stereocenters. The molecule has 0 heterocycles. The molecule has 6 aromatic carbocycles. The minimum Gasteiger partial charge on any atom is -0.478 e. The second kappa shape index (κ2) is 15.2. The molecule has 6 rings (SSSR count). The van der Waals surface area contributed by atoms with Crippen LogP contribution >= 0.6 is 0 Å². The zero-order valence-corrected chi connectivity index (χ0v) is 27.8. The number of carboxylic acid groups (broad SMARTS) is 1. The molecule has 0 aromatic heterocycles. The lowest BCUT2D eigenvalue weighted by Gasteiger charge is -2.18. The van der Waals surface area contributed by atoms with E-state index >= 15 is 0 Å². The van der Waals surface area contributed by atoms with Crippen LogP contribution in [0.15, 0.2) is 109 Å². The Kier molecular flexibility index (Phi) is 11.3. The summed E-state index contributed by atoms with van der Waals surface area (Å²) in [5.74, 6) is -1.11. The van der Waals surface area contributed by atoms with E-state index < -0.39 is 11.6 Å². The molecule has 0 radical (unpaired) electrons. The molecule has 3 N–H and O–H groups in total. The Bertz CT molecular complexity index is 1890. The topological polar surface area (TPSA) is 104 Å². The number of aliphatic hydroxyl groups is 2. The quantitative estimate of drug-likeness (QED) is 0.125. The molecule has 0 amide bonds. The molecule has 6 heteroatoms. The van der Waals surface area contributed by atoms with Gasteiger partial charge in [0.1, 0.15) is 0 Å². The highest BCUT2D eigenvalue weighted by Crippen LogP contribution is 2.30. The van der Waals surface area contributed by atoms with Crippen LogP contribution in [-0.2, 0) is 4.74 Å². The second-order valence-electron chi connectivity index (χ2n) is 13.4. The number of fused-ring (bicyclic) bond motifs is 4. The molecular weight excluding hydrogens is 588 g/mol. The van der Waals surface area contributed by atoms with E-state index in [1.807, 2.05) is 103 Å². The smallest absolute Gasteiger partial charge is 0.339 e. The van der Waals surface area contributed by atoms with Crippen LogP contribution in [0.3, 0.4) is 0 Å². The molecular formula is C41H44O6. The zero-order chi connectivity index (χ0) is 34.2. The number of rotatable bonds is 6. The normalized spacial score (nSPS) is 11.5. The van der Waals surface area contributed by atoms with Crippen LogP contribution in [0, 0.1) is 5.41 Å². The minimum atomic E-state index is -0.877. The van der Waals surface area contributed by atoms with Gasteiger partial charge in [0, 0.05) is 6.61 Å². The van der Waals surface area contributed by atoms with Crippen molar-refractivity contribution in [3.63, 3.8) is 0 Å². The summed E-state index contributed by atoms with van der Waals surface area (Å²) >= 11 is 0. The molecule has 47 heavy (non-hydrogen) atoms. The summed E-state index contributed by atoms with van der Waals surface area (Å²) in [5, 5.41) is 34.0. The predicted molar refractivity (Wildman–Crippen MR) is 192 cm³/mol.